The molecule has 1 aliphatic carbocycles. The molecule has 10 nitrogen and oxygen atoms in total. The van der Waals surface area contributed by atoms with E-state index in [9.17, 15) is 22.2 Å². The highest BCUT2D eigenvalue weighted by Gasteiger charge is 2.38. The van der Waals surface area contributed by atoms with E-state index < -0.39 is 27.8 Å². The summed E-state index contributed by atoms with van der Waals surface area (Å²) in [5.74, 6) is -0.108. The van der Waals surface area contributed by atoms with Gasteiger partial charge in [0.1, 0.15) is 17.2 Å². The fourth-order valence-electron chi connectivity index (χ4n) is 3.52. The lowest BCUT2D eigenvalue weighted by atomic mass is 10.1. The fourth-order valence-corrected chi connectivity index (χ4v) is 4.48. The standard InChI is InChI=1S/C18H24F3N7O3S/c1-9-14(11-4-3-5-12(11)26-15(9)18(19,20)21)27-17(29)28-32(23,30)13(6-22)16-25-7-10(24-2)8-31-16/h6,10,24H,3-5,7-8,22H2,1-2H3,(H3,23,26,27,28,29,30)/b13-6+/t10-,32?/m1/s1. The molecule has 2 heterocycles. The molecule has 3 rings (SSSR count). The van der Waals surface area contributed by atoms with Gasteiger partial charge in [-0.15, -0.1) is 4.36 Å². The van der Waals surface area contributed by atoms with Crippen LogP contribution < -0.4 is 21.5 Å². The predicted octanol–water partition coefficient (Wildman–Crippen LogP) is 1.59. The van der Waals surface area contributed by atoms with Crippen molar-refractivity contribution in [3.05, 3.63) is 33.6 Å². The van der Waals surface area contributed by atoms with E-state index in [0.717, 1.165) is 6.20 Å². The van der Waals surface area contributed by atoms with Gasteiger partial charge >= 0.3 is 12.2 Å². The van der Waals surface area contributed by atoms with E-state index in [2.05, 4.69) is 25.0 Å². The second kappa shape index (κ2) is 9.03. The normalized spacial score (nSPS) is 20.6. The highest BCUT2D eigenvalue weighted by molar-refractivity contribution is 7.96. The molecule has 176 valence electrons. The number of likely N-dealkylation sites (N-methyl/N-ethyl adjacent to an activating group) is 1. The number of hydrogen-bond acceptors (Lipinski definition) is 7. The number of halogens is 3. The Bertz CT molecular complexity index is 1110. The topological polar surface area (TPSA) is 157 Å². The van der Waals surface area contributed by atoms with Gasteiger partial charge in [0.15, 0.2) is 9.92 Å². The molecule has 2 aliphatic rings. The minimum Gasteiger partial charge on any atom is -0.475 e. The van der Waals surface area contributed by atoms with Gasteiger partial charge in [-0.2, -0.15) is 13.2 Å². The smallest absolute Gasteiger partial charge is 0.433 e. The SMILES string of the molecule is CN[C@@H]1CN=C(/C(=C\N)S(N)(=O)=NC(=O)Nc2c(C)c(C(F)(F)F)nc3c2CCC3)OC1. The third-order valence-electron chi connectivity index (χ3n) is 5.15. The molecule has 0 saturated heterocycles. The first-order valence-electron chi connectivity index (χ1n) is 9.70. The fraction of sp³-hybridized carbons (Fsp3) is 0.500. The monoisotopic (exact) mass is 475 g/mol. The number of pyridine rings is 1. The number of urea groups is 1. The molecule has 0 radical (unpaired) electrons. The summed E-state index contributed by atoms with van der Waals surface area (Å²) in [5, 5.41) is 11.0. The van der Waals surface area contributed by atoms with Crippen LogP contribution in [0.2, 0.25) is 0 Å². The van der Waals surface area contributed by atoms with Gasteiger partial charge in [-0.3, -0.25) is 0 Å². The molecule has 1 aromatic heterocycles. The molecule has 1 aromatic rings. The quantitative estimate of drug-likeness (QED) is 0.518. The van der Waals surface area contributed by atoms with Crippen molar-refractivity contribution >= 4 is 27.5 Å². The van der Waals surface area contributed by atoms with E-state index in [4.69, 9.17) is 15.6 Å². The molecule has 1 aliphatic heterocycles. The third kappa shape index (κ3) is 4.86. The number of carbonyl (C=O) groups is 1. The molecule has 0 spiro atoms. The number of aryl methyl sites for hydroxylation is 1. The molecule has 6 N–H and O–H groups in total. The van der Waals surface area contributed by atoms with Crippen LogP contribution in [-0.2, 0) is 33.7 Å². The van der Waals surface area contributed by atoms with Crippen LogP contribution in [-0.4, -0.2) is 47.4 Å². The first-order chi connectivity index (χ1) is 15.0. The number of nitrogens with one attached hydrogen (secondary N) is 2. The summed E-state index contributed by atoms with van der Waals surface area (Å²) in [4.78, 5) is 20.1. The molecular formula is C18H24F3N7O3S. The minimum atomic E-state index is -4.70. The number of hydrogen-bond donors (Lipinski definition) is 4. The van der Waals surface area contributed by atoms with Crippen molar-refractivity contribution in [1.29, 1.82) is 0 Å². The van der Waals surface area contributed by atoms with Gasteiger partial charge in [0.25, 0.3) is 0 Å². The van der Waals surface area contributed by atoms with E-state index >= 15 is 0 Å². The third-order valence-corrected chi connectivity index (χ3v) is 6.53. The minimum absolute atomic E-state index is 0.0508. The Morgan fingerprint density at radius 3 is 2.66 bits per heavy atom. The average molecular weight is 475 g/mol. The van der Waals surface area contributed by atoms with Crippen LogP contribution in [0.3, 0.4) is 0 Å². The molecule has 14 heteroatoms. The highest BCUT2D eigenvalue weighted by atomic mass is 32.2. The van der Waals surface area contributed by atoms with Gasteiger partial charge < -0.3 is 21.1 Å². The van der Waals surface area contributed by atoms with Crippen molar-refractivity contribution < 1.29 is 26.9 Å². The largest absolute Gasteiger partial charge is 0.475 e. The molecule has 2 atom stereocenters. The lowest BCUT2D eigenvalue weighted by Gasteiger charge is -2.22. The van der Waals surface area contributed by atoms with Crippen molar-refractivity contribution in [1.82, 2.24) is 10.3 Å². The Morgan fingerprint density at radius 1 is 1.38 bits per heavy atom. The lowest BCUT2D eigenvalue weighted by molar-refractivity contribution is -0.141. The van der Waals surface area contributed by atoms with E-state index in [-0.39, 0.29) is 40.4 Å². The second-order valence-electron chi connectivity index (χ2n) is 7.30. The summed E-state index contributed by atoms with van der Waals surface area (Å²) in [5.41, 5.74) is 4.89. The predicted molar refractivity (Wildman–Crippen MR) is 113 cm³/mol. The van der Waals surface area contributed by atoms with Crippen LogP contribution in [0.25, 0.3) is 0 Å². The number of ether oxygens (including phenoxy) is 1. The Kier molecular flexibility index (Phi) is 6.76. The number of aromatic nitrogens is 1. The number of nitrogens with two attached hydrogens (primary N) is 2. The first-order valence-corrected chi connectivity index (χ1v) is 11.3. The molecule has 0 saturated carbocycles. The van der Waals surface area contributed by atoms with Gasteiger partial charge in [0.05, 0.1) is 18.3 Å². The van der Waals surface area contributed by atoms with E-state index in [1.165, 1.54) is 6.92 Å². The number of nitrogens with zero attached hydrogens (tertiary/aromatic N) is 3. The zero-order valence-electron chi connectivity index (χ0n) is 17.5. The summed E-state index contributed by atoms with van der Waals surface area (Å²) in [6.45, 7) is 1.71. The number of amides is 2. The first kappa shape index (κ1) is 23.9. The number of rotatable bonds is 4. The van der Waals surface area contributed by atoms with E-state index in [0.29, 0.717) is 31.4 Å². The number of carbonyl (C=O) groups excluding carboxylic acids is 1. The van der Waals surface area contributed by atoms with Crippen LogP contribution in [0.15, 0.2) is 20.5 Å². The van der Waals surface area contributed by atoms with Crippen molar-refractivity contribution in [3.8, 4) is 0 Å². The maximum absolute atomic E-state index is 13.4. The zero-order chi connectivity index (χ0) is 23.7. The molecular weight excluding hydrogens is 451 g/mol. The van der Waals surface area contributed by atoms with Crippen molar-refractivity contribution in [2.24, 2.45) is 20.2 Å². The van der Waals surface area contributed by atoms with E-state index in [1.807, 2.05) is 0 Å². The van der Waals surface area contributed by atoms with Crippen molar-refractivity contribution in [2.45, 2.75) is 38.4 Å². The molecule has 0 bridgehead atoms. The van der Waals surface area contributed by atoms with Crippen LogP contribution >= 0.6 is 0 Å². The molecule has 2 amide bonds. The van der Waals surface area contributed by atoms with Gasteiger partial charge in [-0.1, -0.05) is 0 Å². The van der Waals surface area contributed by atoms with Crippen LogP contribution in [0.1, 0.15) is 28.9 Å². The van der Waals surface area contributed by atoms with Gasteiger partial charge in [0.2, 0.25) is 5.90 Å². The second-order valence-corrected chi connectivity index (χ2v) is 9.06. The summed E-state index contributed by atoms with van der Waals surface area (Å²) >= 11 is 0. The van der Waals surface area contributed by atoms with Crippen LogP contribution in [0.5, 0.6) is 0 Å². The van der Waals surface area contributed by atoms with Crippen LogP contribution in [0.4, 0.5) is 23.7 Å². The zero-order valence-corrected chi connectivity index (χ0v) is 18.3. The molecule has 1 unspecified atom stereocenters. The summed E-state index contributed by atoms with van der Waals surface area (Å²) in [6, 6.07) is -1.25. The number of fused-ring (bicyclic) bond motifs is 1. The maximum Gasteiger partial charge on any atom is 0.433 e. The number of alkyl halides is 3. The Morgan fingerprint density at radius 2 is 2.09 bits per heavy atom. The van der Waals surface area contributed by atoms with E-state index in [1.54, 1.807) is 7.05 Å². The van der Waals surface area contributed by atoms with Gasteiger partial charge in [-0.05, 0) is 38.8 Å². The summed E-state index contributed by atoms with van der Waals surface area (Å²) in [6.07, 6.45) is -2.41. The molecule has 32 heavy (non-hydrogen) atoms. The van der Waals surface area contributed by atoms with Gasteiger partial charge in [0, 0.05) is 17.5 Å². The van der Waals surface area contributed by atoms with Crippen molar-refractivity contribution in [3.63, 3.8) is 0 Å². The number of aliphatic imine (C=N–C) groups is 1. The maximum atomic E-state index is 13.4. The average Bonchev–Trinajstić information content (AvgIpc) is 3.18. The van der Waals surface area contributed by atoms with Crippen molar-refractivity contribution in [2.75, 3.05) is 25.5 Å². The Balaban J connectivity index is 1.93. The van der Waals surface area contributed by atoms with Gasteiger partial charge in [-0.25, -0.2) is 24.1 Å². The summed E-state index contributed by atoms with van der Waals surface area (Å²) < 4.78 is 62.0. The highest BCUT2D eigenvalue weighted by Crippen LogP contribution is 2.38. The summed E-state index contributed by atoms with van der Waals surface area (Å²) in [7, 11) is -2.17. The Hall–Kier alpha value is -2.71. The number of anilines is 1. The molecule has 0 fully saturated rings. The Labute approximate surface area is 183 Å². The van der Waals surface area contributed by atoms with Crippen LogP contribution in [0, 0.1) is 6.92 Å². The molecule has 0 aromatic carbocycles. The lowest BCUT2D eigenvalue weighted by Crippen LogP contribution is -2.39.